The Morgan fingerprint density at radius 1 is 0.656 bits per heavy atom. The number of hydrogen-bond acceptors (Lipinski definition) is 14. The molecule has 0 radical (unpaired) electrons. The van der Waals surface area contributed by atoms with Gasteiger partial charge in [-0.1, -0.05) is 95.5 Å². The number of piperazine rings is 2. The van der Waals surface area contributed by atoms with E-state index in [9.17, 15) is 26.9 Å². The van der Waals surface area contributed by atoms with Gasteiger partial charge in [-0.25, -0.2) is 26.8 Å². The zero-order valence-corrected chi connectivity index (χ0v) is 37.7. The molecule has 0 bridgehead atoms. The van der Waals surface area contributed by atoms with E-state index < -0.39 is 30.7 Å². The van der Waals surface area contributed by atoms with Crippen molar-refractivity contribution in [3.63, 3.8) is 0 Å². The summed E-state index contributed by atoms with van der Waals surface area (Å²) in [6.07, 6.45) is 1.29. The zero-order chi connectivity index (χ0) is 43.1. The van der Waals surface area contributed by atoms with Crippen molar-refractivity contribution in [2.75, 3.05) is 62.2 Å². The highest BCUT2D eigenvalue weighted by molar-refractivity contribution is 7.89. The van der Waals surface area contributed by atoms with Crippen LogP contribution in [0, 0.1) is 17.0 Å². The van der Waals surface area contributed by atoms with E-state index in [0.717, 1.165) is 44.7 Å². The monoisotopic (exact) mass is 941 g/mol. The summed E-state index contributed by atoms with van der Waals surface area (Å²) in [6, 6.07) is 28.7. The molecule has 2 aromatic heterocycles. The summed E-state index contributed by atoms with van der Waals surface area (Å²) in [5, 5.41) is 13.3. The Kier molecular flexibility index (Phi) is 14.3. The van der Waals surface area contributed by atoms with Gasteiger partial charge in [0.15, 0.2) is 0 Å². The van der Waals surface area contributed by atoms with Crippen molar-refractivity contribution in [1.29, 1.82) is 0 Å². The summed E-state index contributed by atoms with van der Waals surface area (Å²) < 4.78 is 63.1. The molecule has 0 spiro atoms. The first kappa shape index (κ1) is 44.5. The van der Waals surface area contributed by atoms with E-state index in [1.54, 1.807) is 4.31 Å². The summed E-state index contributed by atoms with van der Waals surface area (Å²) in [4.78, 5) is 23.6. The van der Waals surface area contributed by atoms with Gasteiger partial charge in [-0.05, 0) is 47.9 Å². The van der Waals surface area contributed by atoms with Gasteiger partial charge in [0.1, 0.15) is 16.7 Å². The van der Waals surface area contributed by atoms with Crippen LogP contribution in [-0.2, 0) is 38.6 Å². The fourth-order valence-electron chi connectivity index (χ4n) is 6.66. The van der Waals surface area contributed by atoms with Crippen molar-refractivity contribution >= 4 is 82.3 Å². The number of nitro benzene ring substituents is 1. The lowest BCUT2D eigenvalue weighted by Gasteiger charge is -2.33. The minimum Gasteiger partial charge on any atom is -0.344 e. The standard InChI is InChI=1S/C20H20ClN5O4S2.C20H21ClN4O2S2/c1-14-2-4-15(5-3-14)12-19-22-20(31-23-19)24-8-10-25(11-9-24)32(29,30)16-6-7-17(21)18(13-16)26(27)28;21-18-8-6-16(7-9-18)14-19-22-20(28-23-19)24-10-12-25(13-11-24)29(26,27)15-17-4-2-1-3-5-17/h2-7,13H,8-12H2,1H3;1-9H,10-15H2. The minimum atomic E-state index is -3.87. The van der Waals surface area contributed by atoms with Crippen LogP contribution < -0.4 is 9.80 Å². The van der Waals surface area contributed by atoms with Gasteiger partial charge in [0, 0.05) is 99.4 Å². The number of benzene rings is 4. The average Bonchev–Trinajstić information content (AvgIpc) is 3.93. The van der Waals surface area contributed by atoms with Crippen LogP contribution in [0.3, 0.4) is 0 Å². The second-order valence-corrected chi connectivity index (χ2v) is 20.6. The molecule has 15 nitrogen and oxygen atoms in total. The lowest BCUT2D eigenvalue weighted by Crippen LogP contribution is -2.49. The first-order valence-corrected chi connectivity index (χ1v) is 24.5. The number of nitro groups is 1. The molecule has 6 aromatic rings. The molecule has 0 atom stereocenters. The molecule has 21 heteroatoms. The highest BCUT2D eigenvalue weighted by Gasteiger charge is 2.32. The van der Waals surface area contributed by atoms with Crippen LogP contribution in [0.4, 0.5) is 16.0 Å². The molecule has 4 heterocycles. The van der Waals surface area contributed by atoms with Gasteiger partial charge in [-0.3, -0.25) is 10.1 Å². The number of nitrogens with zero attached hydrogens (tertiary/aromatic N) is 9. The maximum absolute atomic E-state index is 13.0. The van der Waals surface area contributed by atoms with Crippen LogP contribution >= 0.6 is 46.3 Å². The second-order valence-electron chi connectivity index (χ2n) is 14.3. The van der Waals surface area contributed by atoms with Gasteiger partial charge < -0.3 is 9.80 Å². The Labute approximate surface area is 372 Å². The molecule has 61 heavy (non-hydrogen) atoms. The van der Waals surface area contributed by atoms with Crippen molar-refractivity contribution < 1.29 is 21.8 Å². The van der Waals surface area contributed by atoms with Crippen LogP contribution in [0.1, 0.15) is 33.9 Å². The summed E-state index contributed by atoms with van der Waals surface area (Å²) in [5.41, 5.74) is 3.82. The molecule has 2 aliphatic heterocycles. The third-order valence-corrected chi connectivity index (χ3v) is 16.0. The lowest BCUT2D eigenvalue weighted by molar-refractivity contribution is -0.384. The van der Waals surface area contributed by atoms with Crippen LogP contribution in [0.15, 0.2) is 102 Å². The predicted molar refractivity (Wildman–Crippen MR) is 240 cm³/mol. The number of halogens is 2. The number of aromatic nitrogens is 4. The summed E-state index contributed by atoms with van der Waals surface area (Å²) in [6.45, 7) is 5.58. The minimum absolute atomic E-state index is 0.0396. The van der Waals surface area contributed by atoms with Gasteiger partial charge >= 0.3 is 0 Å². The molecular formula is C40H41Cl2N9O6S4. The molecule has 320 valence electrons. The molecule has 4 aromatic carbocycles. The number of anilines is 2. The van der Waals surface area contributed by atoms with E-state index in [0.29, 0.717) is 57.1 Å². The van der Waals surface area contributed by atoms with Crippen molar-refractivity contribution in [2.45, 2.75) is 30.4 Å². The Bertz CT molecular complexity index is 2650. The fraction of sp³-hybridized carbons (Fsp3) is 0.300. The van der Waals surface area contributed by atoms with Gasteiger partial charge in [-0.2, -0.15) is 17.4 Å². The molecule has 2 saturated heterocycles. The Morgan fingerprint density at radius 3 is 1.69 bits per heavy atom. The van der Waals surface area contributed by atoms with Crippen molar-refractivity contribution in [1.82, 2.24) is 27.3 Å². The SMILES string of the molecule is Cc1ccc(Cc2nsc(N3CCN(S(=O)(=O)c4ccc(Cl)c([N+](=O)[O-])c4)CC3)n2)cc1.O=S(=O)(Cc1ccccc1)N1CCN(c2nc(Cc3ccc(Cl)cc3)ns2)CC1. The predicted octanol–water partition coefficient (Wildman–Crippen LogP) is 6.94. The average molecular weight is 943 g/mol. The number of aryl methyl sites for hydroxylation is 1. The van der Waals surface area contributed by atoms with Crippen molar-refractivity contribution in [3.8, 4) is 0 Å². The third-order valence-electron chi connectivity index (χ3n) is 10.0. The molecule has 0 saturated carbocycles. The molecule has 0 N–H and O–H groups in total. The Morgan fingerprint density at radius 2 is 1.16 bits per heavy atom. The zero-order valence-electron chi connectivity index (χ0n) is 32.9. The van der Waals surface area contributed by atoms with E-state index in [1.807, 2.05) is 66.4 Å². The first-order chi connectivity index (χ1) is 29.2. The fourth-order valence-corrected chi connectivity index (χ4v) is 11.4. The van der Waals surface area contributed by atoms with E-state index >= 15 is 0 Å². The van der Waals surface area contributed by atoms with E-state index in [1.165, 1.54) is 45.1 Å². The largest absolute Gasteiger partial charge is 0.344 e. The highest BCUT2D eigenvalue weighted by atomic mass is 35.5. The van der Waals surface area contributed by atoms with Crippen molar-refractivity contribution in [3.05, 3.63) is 151 Å². The van der Waals surface area contributed by atoms with Gasteiger partial charge in [0.2, 0.25) is 30.3 Å². The van der Waals surface area contributed by atoms with Crippen LogP contribution in [0.25, 0.3) is 0 Å². The number of rotatable bonds is 12. The highest BCUT2D eigenvalue weighted by Crippen LogP contribution is 2.30. The van der Waals surface area contributed by atoms with E-state index in [4.69, 9.17) is 23.2 Å². The second kappa shape index (κ2) is 19.6. The number of hydrogen-bond donors (Lipinski definition) is 0. The number of sulfonamides is 2. The van der Waals surface area contributed by atoms with Crippen LogP contribution in [-0.4, -0.2) is 101 Å². The quantitative estimate of drug-likeness (QED) is 0.0914. The normalized spacial score (nSPS) is 15.3. The summed E-state index contributed by atoms with van der Waals surface area (Å²) >= 11 is 14.4. The van der Waals surface area contributed by atoms with Gasteiger partial charge in [0.05, 0.1) is 15.6 Å². The molecule has 0 amide bonds. The molecule has 0 aliphatic carbocycles. The Balaban J connectivity index is 0.000000185. The maximum Gasteiger partial charge on any atom is 0.289 e. The van der Waals surface area contributed by atoms with E-state index in [-0.39, 0.29) is 28.8 Å². The maximum atomic E-state index is 13.0. The van der Waals surface area contributed by atoms with Crippen LogP contribution in [0.5, 0.6) is 0 Å². The molecule has 8 rings (SSSR count). The van der Waals surface area contributed by atoms with Crippen LogP contribution in [0.2, 0.25) is 10.0 Å². The summed E-state index contributed by atoms with van der Waals surface area (Å²) in [5.74, 6) is 1.54. The van der Waals surface area contributed by atoms with Gasteiger partial charge in [-0.15, -0.1) is 0 Å². The van der Waals surface area contributed by atoms with Crippen molar-refractivity contribution in [2.24, 2.45) is 0 Å². The molecule has 0 unspecified atom stereocenters. The Hall–Kier alpha value is -4.60. The lowest BCUT2D eigenvalue weighted by atomic mass is 10.1. The van der Waals surface area contributed by atoms with E-state index in [2.05, 4.69) is 47.9 Å². The molecular weight excluding hydrogens is 902 g/mol. The molecule has 2 fully saturated rings. The third kappa shape index (κ3) is 11.5. The smallest absolute Gasteiger partial charge is 0.289 e. The summed E-state index contributed by atoms with van der Waals surface area (Å²) in [7, 11) is -7.19. The topological polar surface area (TPSA) is 176 Å². The first-order valence-electron chi connectivity index (χ1n) is 19.1. The van der Waals surface area contributed by atoms with Gasteiger partial charge in [0.25, 0.3) is 5.69 Å². The molecule has 2 aliphatic rings.